The number of nitrogens with zero attached hydrogens (tertiary/aromatic N) is 2. The maximum absolute atomic E-state index is 9.41. The summed E-state index contributed by atoms with van der Waals surface area (Å²) in [6.07, 6.45) is 0. The van der Waals surface area contributed by atoms with E-state index < -0.39 is 0 Å². The van der Waals surface area contributed by atoms with Crippen molar-refractivity contribution in [1.29, 1.82) is 15.9 Å². The van der Waals surface area contributed by atoms with Crippen LogP contribution in [0.25, 0.3) is 33.5 Å². The van der Waals surface area contributed by atoms with Crippen LogP contribution in [0.5, 0.6) is 5.75 Å². The van der Waals surface area contributed by atoms with Crippen molar-refractivity contribution in [2.45, 2.75) is 6.92 Å². The van der Waals surface area contributed by atoms with Gasteiger partial charge in [0.05, 0.1) is 34.5 Å². The highest BCUT2D eigenvalue weighted by molar-refractivity contribution is 6.29. The van der Waals surface area contributed by atoms with Crippen molar-refractivity contribution < 1.29 is 4.74 Å². The van der Waals surface area contributed by atoms with Gasteiger partial charge >= 0.3 is 0 Å². The SMILES string of the molecule is Cc1ccccc1.N#Cc1cc(C#N)cc(/C(N)=C2/C(=N)Oc3ccc(-c4cccc(-c5ccccc5Nc5ccccc5)c4)cc32)c1. The molecule has 0 spiro atoms. The fraction of sp³-hybridized carbons (Fsp3) is 0.0238. The van der Waals surface area contributed by atoms with E-state index >= 15 is 0 Å². The molecule has 0 bridgehead atoms. The lowest BCUT2D eigenvalue weighted by Crippen LogP contribution is -2.08. The van der Waals surface area contributed by atoms with Crippen LogP contribution in [0.1, 0.15) is 27.8 Å². The van der Waals surface area contributed by atoms with Gasteiger partial charge in [-0.15, -0.1) is 0 Å². The lowest BCUT2D eigenvalue weighted by molar-refractivity contribution is 0.566. The molecule has 0 unspecified atom stereocenters. The fourth-order valence-corrected chi connectivity index (χ4v) is 5.52. The maximum Gasteiger partial charge on any atom is 0.222 e. The molecule has 0 saturated carbocycles. The van der Waals surface area contributed by atoms with Gasteiger partial charge in [-0.3, -0.25) is 5.41 Å². The summed E-state index contributed by atoms with van der Waals surface area (Å²) in [5.41, 5.74) is 16.5. The van der Waals surface area contributed by atoms with E-state index in [1.807, 2.05) is 91.0 Å². The Morgan fingerprint density at radius 3 is 1.94 bits per heavy atom. The van der Waals surface area contributed by atoms with E-state index in [9.17, 15) is 10.5 Å². The predicted molar refractivity (Wildman–Crippen MR) is 193 cm³/mol. The van der Waals surface area contributed by atoms with Gasteiger partial charge in [0, 0.05) is 28.1 Å². The molecule has 1 heterocycles. The van der Waals surface area contributed by atoms with Crippen LogP contribution < -0.4 is 15.8 Å². The second-order valence-electron chi connectivity index (χ2n) is 11.2. The van der Waals surface area contributed by atoms with Gasteiger partial charge in [0.1, 0.15) is 5.75 Å². The Labute approximate surface area is 280 Å². The van der Waals surface area contributed by atoms with Gasteiger partial charge in [-0.2, -0.15) is 10.5 Å². The number of fused-ring (bicyclic) bond motifs is 1. The molecule has 1 aliphatic heterocycles. The highest BCUT2D eigenvalue weighted by Gasteiger charge is 2.28. The molecule has 0 fully saturated rings. The van der Waals surface area contributed by atoms with Gasteiger partial charge in [0.25, 0.3) is 0 Å². The number of ether oxygens (including phenoxy) is 1. The summed E-state index contributed by atoms with van der Waals surface area (Å²) < 4.78 is 5.74. The van der Waals surface area contributed by atoms with Crippen LogP contribution in [0, 0.1) is 35.0 Å². The lowest BCUT2D eigenvalue weighted by Gasteiger charge is -2.14. The molecule has 48 heavy (non-hydrogen) atoms. The molecule has 6 aromatic rings. The lowest BCUT2D eigenvalue weighted by atomic mass is 9.94. The van der Waals surface area contributed by atoms with Crippen molar-refractivity contribution in [2.24, 2.45) is 5.73 Å². The molecular weight excluding hydrogens is 590 g/mol. The average molecular weight is 622 g/mol. The molecule has 7 rings (SSSR count). The smallest absolute Gasteiger partial charge is 0.222 e. The summed E-state index contributed by atoms with van der Waals surface area (Å²) in [5.74, 6) is 0.451. The summed E-state index contributed by atoms with van der Waals surface area (Å²) >= 11 is 0. The van der Waals surface area contributed by atoms with E-state index in [0.717, 1.165) is 33.6 Å². The minimum absolute atomic E-state index is 0.0785. The molecule has 0 atom stereocenters. The molecule has 6 nitrogen and oxygen atoms in total. The van der Waals surface area contributed by atoms with E-state index in [1.54, 1.807) is 12.1 Å². The number of nitrogens with two attached hydrogens (primary N) is 1. The molecule has 0 radical (unpaired) electrons. The Hall–Kier alpha value is -6.89. The molecule has 6 aromatic carbocycles. The standard InChI is InChI=1S/C35H23N5O.C7H8/c36-20-22-15-23(21-37)17-27(16-22)34(38)33-30-19-25(13-14-32(30)41-35(33)39)24-7-6-8-26(18-24)29-11-4-5-12-31(29)40-28-9-2-1-3-10-28;1-7-5-3-2-4-6-7/h1-19,39-40H,38H2;2-6H,1H3/b34-33-,39-35?;. The zero-order valence-corrected chi connectivity index (χ0v) is 26.2. The van der Waals surface area contributed by atoms with Crippen LogP contribution in [0.4, 0.5) is 11.4 Å². The molecular formula is C42H31N5O. The Morgan fingerprint density at radius 2 is 1.27 bits per heavy atom. The van der Waals surface area contributed by atoms with Gasteiger partial charge in [0.2, 0.25) is 5.90 Å². The summed E-state index contributed by atoms with van der Waals surface area (Å²) in [6, 6.07) is 51.4. The van der Waals surface area contributed by atoms with Crippen molar-refractivity contribution in [1.82, 2.24) is 0 Å². The van der Waals surface area contributed by atoms with Crippen molar-refractivity contribution in [2.75, 3.05) is 5.32 Å². The predicted octanol–water partition coefficient (Wildman–Crippen LogP) is 9.70. The molecule has 0 aromatic heterocycles. The first-order valence-electron chi connectivity index (χ1n) is 15.3. The van der Waals surface area contributed by atoms with Gasteiger partial charge in [-0.1, -0.05) is 96.6 Å². The van der Waals surface area contributed by atoms with Crippen LogP contribution in [-0.2, 0) is 0 Å². The number of aryl methyl sites for hydroxylation is 1. The third-order valence-corrected chi connectivity index (χ3v) is 7.89. The van der Waals surface area contributed by atoms with Gasteiger partial charge < -0.3 is 15.8 Å². The average Bonchev–Trinajstić information content (AvgIpc) is 3.47. The normalized spacial score (nSPS) is 12.4. The van der Waals surface area contributed by atoms with Crippen LogP contribution in [0.15, 0.2) is 146 Å². The van der Waals surface area contributed by atoms with E-state index in [1.165, 1.54) is 11.6 Å². The van der Waals surface area contributed by atoms with E-state index in [2.05, 4.69) is 60.8 Å². The summed E-state index contributed by atoms with van der Waals surface area (Å²) in [4.78, 5) is 0. The van der Waals surface area contributed by atoms with Gasteiger partial charge in [0.15, 0.2) is 0 Å². The highest BCUT2D eigenvalue weighted by Crippen LogP contribution is 2.41. The Bertz CT molecular complexity index is 2210. The number of rotatable bonds is 5. The number of nitriles is 2. The van der Waals surface area contributed by atoms with Crippen molar-refractivity contribution in [3.8, 4) is 40.1 Å². The van der Waals surface area contributed by atoms with Crippen molar-refractivity contribution in [3.05, 3.63) is 173 Å². The Kier molecular flexibility index (Phi) is 9.10. The third kappa shape index (κ3) is 6.84. The van der Waals surface area contributed by atoms with Gasteiger partial charge in [-0.25, -0.2) is 0 Å². The number of para-hydroxylation sites is 2. The minimum Gasteiger partial charge on any atom is -0.438 e. The zero-order chi connectivity index (χ0) is 33.5. The van der Waals surface area contributed by atoms with Crippen LogP contribution >= 0.6 is 0 Å². The van der Waals surface area contributed by atoms with E-state index in [4.69, 9.17) is 15.9 Å². The molecule has 0 amide bonds. The first kappa shape index (κ1) is 31.1. The van der Waals surface area contributed by atoms with E-state index in [-0.39, 0.29) is 11.6 Å². The molecule has 230 valence electrons. The highest BCUT2D eigenvalue weighted by atomic mass is 16.5. The molecule has 6 heteroatoms. The fourth-order valence-electron chi connectivity index (χ4n) is 5.52. The van der Waals surface area contributed by atoms with Gasteiger partial charge in [-0.05, 0) is 78.2 Å². The quantitative estimate of drug-likeness (QED) is 0.177. The molecule has 4 N–H and O–H groups in total. The summed E-state index contributed by atoms with van der Waals surface area (Å²) in [5, 5.41) is 30.8. The van der Waals surface area contributed by atoms with Crippen molar-refractivity contribution in [3.63, 3.8) is 0 Å². The van der Waals surface area contributed by atoms with Crippen molar-refractivity contribution >= 4 is 28.5 Å². The van der Waals surface area contributed by atoms with Crippen LogP contribution in [-0.4, -0.2) is 5.90 Å². The number of nitrogens with one attached hydrogen (secondary N) is 2. The van der Waals surface area contributed by atoms with Crippen LogP contribution in [0.3, 0.4) is 0 Å². The monoisotopic (exact) mass is 621 g/mol. The molecule has 0 saturated heterocycles. The Morgan fingerprint density at radius 1 is 0.646 bits per heavy atom. The molecule has 1 aliphatic rings. The van der Waals surface area contributed by atoms with Crippen LogP contribution in [0.2, 0.25) is 0 Å². The zero-order valence-electron chi connectivity index (χ0n) is 26.2. The maximum atomic E-state index is 9.41. The summed E-state index contributed by atoms with van der Waals surface area (Å²) in [7, 11) is 0. The third-order valence-electron chi connectivity index (χ3n) is 7.89. The largest absolute Gasteiger partial charge is 0.438 e. The second kappa shape index (κ2) is 14.0. The second-order valence-corrected chi connectivity index (χ2v) is 11.2. The number of hydrogen-bond acceptors (Lipinski definition) is 6. The van der Waals surface area contributed by atoms with E-state index in [0.29, 0.717) is 33.6 Å². The molecule has 0 aliphatic carbocycles. The Balaban J connectivity index is 0.000000510. The minimum atomic E-state index is -0.0785. The number of benzene rings is 6. The first-order chi connectivity index (χ1) is 23.4. The topological polar surface area (TPSA) is 119 Å². The first-order valence-corrected chi connectivity index (χ1v) is 15.3. The summed E-state index contributed by atoms with van der Waals surface area (Å²) in [6.45, 7) is 2.08. The number of hydrogen-bond donors (Lipinski definition) is 3. The number of anilines is 2.